The minimum atomic E-state index is -1.18. The Hall–Kier alpha value is -3.35. The number of amides is 2. The Bertz CT molecular complexity index is 1060. The van der Waals surface area contributed by atoms with Gasteiger partial charge in [-0.1, -0.05) is 62.4 Å². The predicted molar refractivity (Wildman–Crippen MR) is 135 cm³/mol. The van der Waals surface area contributed by atoms with Gasteiger partial charge in [0, 0.05) is 18.0 Å². The molecule has 2 amide bonds. The van der Waals surface area contributed by atoms with E-state index >= 15 is 0 Å². The summed E-state index contributed by atoms with van der Waals surface area (Å²) in [5.74, 6) is -1.97. The number of carbonyl (C=O) groups is 3. The van der Waals surface area contributed by atoms with Crippen LogP contribution in [0.1, 0.15) is 58.6 Å². The summed E-state index contributed by atoms with van der Waals surface area (Å²) in [5.41, 5.74) is 2.39. The molecule has 0 fully saturated rings. The van der Waals surface area contributed by atoms with Crippen LogP contribution < -0.4 is 10.6 Å². The Morgan fingerprint density at radius 2 is 1.46 bits per heavy atom. The van der Waals surface area contributed by atoms with Crippen molar-refractivity contribution in [2.75, 3.05) is 13.2 Å². The van der Waals surface area contributed by atoms with E-state index in [1.165, 1.54) is 0 Å². The second kappa shape index (κ2) is 10.1. The van der Waals surface area contributed by atoms with Crippen LogP contribution in [0.5, 0.6) is 0 Å². The molecule has 35 heavy (non-hydrogen) atoms. The van der Waals surface area contributed by atoms with Gasteiger partial charge in [0.1, 0.15) is 6.61 Å². The third-order valence-corrected chi connectivity index (χ3v) is 7.48. The molecule has 1 aliphatic carbocycles. The van der Waals surface area contributed by atoms with Crippen LogP contribution in [0.4, 0.5) is 4.79 Å². The SMILES string of the molecule is CC(C)C(CNC(=O)OCC1c2ccccc2-c2ccccc21)C(=O)NC(C)(C)C(C)(C)C(=O)O. The summed E-state index contributed by atoms with van der Waals surface area (Å²) >= 11 is 0. The predicted octanol–water partition coefficient (Wildman–Crippen LogP) is 4.80. The molecule has 3 N–H and O–H groups in total. The molecule has 0 spiro atoms. The Labute approximate surface area is 207 Å². The second-order valence-corrected chi connectivity index (χ2v) is 10.6. The molecule has 1 unspecified atom stereocenters. The number of carbonyl (C=O) groups excluding carboxylic acids is 2. The molecular formula is C28H36N2O5. The van der Waals surface area contributed by atoms with Crippen molar-refractivity contribution in [1.82, 2.24) is 10.6 Å². The number of benzene rings is 2. The fourth-order valence-electron chi connectivity index (χ4n) is 4.30. The van der Waals surface area contributed by atoms with Crippen LogP contribution in [-0.4, -0.2) is 41.8 Å². The number of fused-ring (bicyclic) bond motifs is 3. The van der Waals surface area contributed by atoms with Gasteiger partial charge in [-0.05, 0) is 55.9 Å². The number of nitrogens with one attached hydrogen (secondary N) is 2. The summed E-state index contributed by atoms with van der Waals surface area (Å²) in [6.07, 6.45) is -0.588. The Kier molecular flexibility index (Phi) is 7.58. The van der Waals surface area contributed by atoms with Gasteiger partial charge in [-0.2, -0.15) is 0 Å². The second-order valence-electron chi connectivity index (χ2n) is 10.6. The molecule has 1 atom stereocenters. The van der Waals surface area contributed by atoms with E-state index in [2.05, 4.69) is 34.9 Å². The maximum Gasteiger partial charge on any atom is 0.407 e. The summed E-state index contributed by atoms with van der Waals surface area (Å²) in [6, 6.07) is 16.2. The maximum atomic E-state index is 13.0. The number of rotatable bonds is 9. The van der Waals surface area contributed by atoms with Crippen molar-refractivity contribution < 1.29 is 24.2 Å². The zero-order chi connectivity index (χ0) is 26.0. The number of hydrogen-bond acceptors (Lipinski definition) is 4. The van der Waals surface area contributed by atoms with Crippen LogP contribution >= 0.6 is 0 Å². The molecule has 0 aliphatic heterocycles. The largest absolute Gasteiger partial charge is 0.481 e. The summed E-state index contributed by atoms with van der Waals surface area (Å²) in [6.45, 7) is 10.6. The number of alkyl carbamates (subject to hydrolysis) is 1. The average molecular weight is 481 g/mol. The number of aliphatic carboxylic acids is 1. The average Bonchev–Trinajstić information content (AvgIpc) is 3.10. The molecule has 2 aromatic carbocycles. The van der Waals surface area contributed by atoms with Gasteiger partial charge in [-0.3, -0.25) is 9.59 Å². The molecule has 0 aromatic heterocycles. The molecule has 1 aliphatic rings. The lowest BCUT2D eigenvalue weighted by atomic mass is 9.74. The van der Waals surface area contributed by atoms with Gasteiger partial charge in [0.2, 0.25) is 5.91 Å². The Balaban J connectivity index is 1.61. The van der Waals surface area contributed by atoms with E-state index in [1.54, 1.807) is 27.7 Å². The van der Waals surface area contributed by atoms with Crippen molar-refractivity contribution in [3.63, 3.8) is 0 Å². The molecule has 7 heteroatoms. The minimum Gasteiger partial charge on any atom is -0.481 e. The molecule has 0 heterocycles. The highest BCUT2D eigenvalue weighted by Gasteiger charge is 2.45. The van der Waals surface area contributed by atoms with Crippen molar-refractivity contribution in [2.45, 2.75) is 53.0 Å². The number of ether oxygens (including phenoxy) is 1. The van der Waals surface area contributed by atoms with Gasteiger partial charge in [0.15, 0.2) is 0 Å². The van der Waals surface area contributed by atoms with Gasteiger partial charge >= 0.3 is 12.1 Å². The molecule has 188 valence electrons. The van der Waals surface area contributed by atoms with E-state index in [9.17, 15) is 19.5 Å². The topological polar surface area (TPSA) is 105 Å². The normalized spacial score (nSPS) is 14.1. The molecule has 0 bridgehead atoms. The molecule has 7 nitrogen and oxygen atoms in total. The highest BCUT2D eigenvalue weighted by Crippen LogP contribution is 2.44. The highest BCUT2D eigenvalue weighted by atomic mass is 16.5. The van der Waals surface area contributed by atoms with Gasteiger partial charge in [-0.25, -0.2) is 4.79 Å². The monoisotopic (exact) mass is 480 g/mol. The lowest BCUT2D eigenvalue weighted by Gasteiger charge is -2.40. The smallest absolute Gasteiger partial charge is 0.407 e. The van der Waals surface area contributed by atoms with Crippen LogP contribution in [0.15, 0.2) is 48.5 Å². The summed E-state index contributed by atoms with van der Waals surface area (Å²) < 4.78 is 5.58. The summed E-state index contributed by atoms with van der Waals surface area (Å²) in [5, 5.41) is 15.2. The van der Waals surface area contributed by atoms with Gasteiger partial charge in [0.05, 0.1) is 11.3 Å². The summed E-state index contributed by atoms with van der Waals surface area (Å²) in [4.78, 5) is 37.3. The lowest BCUT2D eigenvalue weighted by Crippen LogP contribution is -2.59. The van der Waals surface area contributed by atoms with Crippen LogP contribution in [0, 0.1) is 17.3 Å². The summed E-state index contributed by atoms with van der Waals surface area (Å²) in [7, 11) is 0. The molecular weight excluding hydrogens is 444 g/mol. The van der Waals surface area contributed by atoms with Gasteiger partial charge < -0.3 is 20.5 Å². The Morgan fingerprint density at radius 3 is 1.94 bits per heavy atom. The number of carboxylic acids is 1. The van der Waals surface area contributed by atoms with Crippen molar-refractivity contribution in [3.05, 3.63) is 59.7 Å². The fourth-order valence-corrected chi connectivity index (χ4v) is 4.30. The van der Waals surface area contributed by atoms with Crippen molar-refractivity contribution in [3.8, 4) is 11.1 Å². The first-order chi connectivity index (χ1) is 16.4. The highest BCUT2D eigenvalue weighted by molar-refractivity contribution is 5.83. The fraction of sp³-hybridized carbons (Fsp3) is 0.464. The Morgan fingerprint density at radius 1 is 0.943 bits per heavy atom. The molecule has 0 radical (unpaired) electrons. The first-order valence-electron chi connectivity index (χ1n) is 12.0. The number of hydrogen-bond donors (Lipinski definition) is 3. The van der Waals surface area contributed by atoms with E-state index in [-0.39, 0.29) is 30.9 Å². The lowest BCUT2D eigenvalue weighted by molar-refractivity contribution is -0.152. The molecule has 2 aromatic rings. The molecule has 0 saturated heterocycles. The van der Waals surface area contributed by atoms with E-state index in [0.717, 1.165) is 22.3 Å². The van der Waals surface area contributed by atoms with Crippen LogP contribution in [-0.2, 0) is 14.3 Å². The zero-order valence-corrected chi connectivity index (χ0v) is 21.3. The molecule has 3 rings (SSSR count). The molecule has 0 saturated carbocycles. The zero-order valence-electron chi connectivity index (χ0n) is 21.3. The van der Waals surface area contributed by atoms with Crippen molar-refractivity contribution >= 4 is 18.0 Å². The van der Waals surface area contributed by atoms with Gasteiger partial charge in [0.25, 0.3) is 0 Å². The van der Waals surface area contributed by atoms with E-state index in [0.29, 0.717) is 0 Å². The number of carboxylic acid groups (broad SMARTS) is 1. The first kappa shape index (κ1) is 26.3. The van der Waals surface area contributed by atoms with Crippen molar-refractivity contribution in [2.24, 2.45) is 17.3 Å². The first-order valence-corrected chi connectivity index (χ1v) is 12.0. The van der Waals surface area contributed by atoms with E-state index in [1.807, 2.05) is 38.1 Å². The quantitative estimate of drug-likeness (QED) is 0.478. The third kappa shape index (κ3) is 5.34. The minimum absolute atomic E-state index is 0.0450. The van der Waals surface area contributed by atoms with Crippen LogP contribution in [0.25, 0.3) is 11.1 Å². The van der Waals surface area contributed by atoms with Crippen LogP contribution in [0.3, 0.4) is 0 Å². The third-order valence-electron chi connectivity index (χ3n) is 7.48. The van der Waals surface area contributed by atoms with E-state index in [4.69, 9.17) is 4.74 Å². The van der Waals surface area contributed by atoms with Gasteiger partial charge in [-0.15, -0.1) is 0 Å². The standard InChI is InChI=1S/C28H36N2O5/c1-17(2)22(24(31)30-28(5,6)27(3,4)25(32)33)15-29-26(34)35-16-23-20-13-9-7-11-18(20)19-12-8-10-14-21(19)23/h7-14,17,22-23H,15-16H2,1-6H3,(H,29,34)(H,30,31)(H,32,33). The maximum absolute atomic E-state index is 13.0. The van der Waals surface area contributed by atoms with E-state index < -0.39 is 28.9 Å². The van der Waals surface area contributed by atoms with Crippen LogP contribution in [0.2, 0.25) is 0 Å². The van der Waals surface area contributed by atoms with Crippen molar-refractivity contribution in [1.29, 1.82) is 0 Å².